The molecular weight excluding hydrogens is 439 g/mol. The molecule has 0 fully saturated rings. The smallest absolute Gasteiger partial charge is 0.305 e. The van der Waals surface area contributed by atoms with E-state index in [1.54, 1.807) is 12.1 Å². The van der Waals surface area contributed by atoms with Crippen LogP contribution in [-0.4, -0.2) is 30.5 Å². The number of oxime groups is 1. The van der Waals surface area contributed by atoms with Crippen LogP contribution >= 0.6 is 0 Å². The summed E-state index contributed by atoms with van der Waals surface area (Å²) in [5.41, 5.74) is 2.43. The lowest BCUT2D eigenvalue weighted by molar-refractivity contribution is -0.137. The second-order valence-corrected chi connectivity index (χ2v) is 7.27. The molecule has 3 aromatic carbocycles. The minimum absolute atomic E-state index is 0.0330. The minimum atomic E-state index is -1.17. The topological polar surface area (TPSA) is 101 Å². The Bertz CT molecular complexity index is 1170. The molecule has 0 saturated heterocycles. The largest absolute Gasteiger partial charge is 0.489 e. The summed E-state index contributed by atoms with van der Waals surface area (Å²) < 4.78 is 25.8. The molecule has 0 aliphatic heterocycles. The van der Waals surface area contributed by atoms with Crippen LogP contribution in [0.15, 0.2) is 78.0 Å². The van der Waals surface area contributed by atoms with E-state index in [4.69, 9.17) is 24.7 Å². The van der Waals surface area contributed by atoms with Gasteiger partial charge in [0.1, 0.15) is 43.4 Å². The highest BCUT2D eigenvalue weighted by Crippen LogP contribution is 2.26. The van der Waals surface area contributed by atoms with Gasteiger partial charge in [-0.05, 0) is 23.8 Å². The van der Waals surface area contributed by atoms with E-state index < -0.39 is 24.1 Å². The van der Waals surface area contributed by atoms with E-state index in [1.165, 1.54) is 19.2 Å². The fourth-order valence-electron chi connectivity index (χ4n) is 3.18. The number of rotatable bonds is 11. The molecule has 8 heteroatoms. The maximum Gasteiger partial charge on any atom is 0.305 e. The third-order valence-electron chi connectivity index (χ3n) is 4.89. The van der Waals surface area contributed by atoms with Crippen LogP contribution in [0.5, 0.6) is 11.5 Å². The molecule has 0 aliphatic carbocycles. The molecule has 0 spiro atoms. The molecule has 174 valence electrons. The van der Waals surface area contributed by atoms with Crippen LogP contribution in [0.3, 0.4) is 0 Å². The molecule has 0 heterocycles. The summed E-state index contributed by atoms with van der Waals surface area (Å²) in [6.07, 6.45) is -0.466. The van der Waals surface area contributed by atoms with Crippen molar-refractivity contribution in [3.8, 4) is 17.6 Å². The summed E-state index contributed by atoms with van der Waals surface area (Å²) in [5, 5.41) is 22.0. The first kappa shape index (κ1) is 24.3. The second-order valence-electron chi connectivity index (χ2n) is 7.27. The molecule has 1 atom stereocenters. The Morgan fingerprint density at radius 2 is 1.76 bits per heavy atom. The van der Waals surface area contributed by atoms with E-state index in [0.29, 0.717) is 11.5 Å². The quantitative estimate of drug-likeness (QED) is 0.321. The lowest BCUT2D eigenvalue weighted by Gasteiger charge is -2.12. The normalized spacial score (nSPS) is 11.9. The number of carbonyl (C=O) groups is 1. The SMILES string of the molecule is CON=C(COc1ccc(COc2ccc(C(C#N)CC(=O)O)c(F)c2)cc1)c1ccccc1. The van der Waals surface area contributed by atoms with Crippen molar-refractivity contribution in [1.82, 2.24) is 0 Å². The first-order valence-electron chi connectivity index (χ1n) is 10.4. The van der Waals surface area contributed by atoms with Crippen molar-refractivity contribution in [2.24, 2.45) is 5.16 Å². The van der Waals surface area contributed by atoms with Gasteiger partial charge >= 0.3 is 5.97 Å². The Morgan fingerprint density at radius 3 is 2.38 bits per heavy atom. The molecule has 0 bridgehead atoms. The van der Waals surface area contributed by atoms with E-state index in [1.807, 2.05) is 48.5 Å². The van der Waals surface area contributed by atoms with Gasteiger partial charge in [-0.15, -0.1) is 0 Å². The summed E-state index contributed by atoms with van der Waals surface area (Å²) in [6, 6.07) is 22.7. The highest BCUT2D eigenvalue weighted by atomic mass is 19.1. The van der Waals surface area contributed by atoms with Gasteiger partial charge in [0.2, 0.25) is 0 Å². The molecule has 3 aromatic rings. The lowest BCUT2D eigenvalue weighted by atomic mass is 9.96. The van der Waals surface area contributed by atoms with Crippen LogP contribution in [-0.2, 0) is 16.2 Å². The standard InChI is InChI=1S/C26H23FN2O5/c1-32-29-25(19-5-3-2-4-6-19)17-34-21-9-7-18(8-10-21)16-33-22-11-12-23(24(27)14-22)20(15-28)13-26(30)31/h2-12,14,20H,13,16-17H2,1H3,(H,30,31). The van der Waals surface area contributed by atoms with Crippen molar-refractivity contribution in [2.45, 2.75) is 18.9 Å². The highest BCUT2D eigenvalue weighted by molar-refractivity contribution is 6.01. The van der Waals surface area contributed by atoms with Crippen LogP contribution in [0.2, 0.25) is 0 Å². The van der Waals surface area contributed by atoms with Crippen LogP contribution < -0.4 is 9.47 Å². The molecule has 1 N–H and O–H groups in total. The zero-order chi connectivity index (χ0) is 24.3. The van der Waals surface area contributed by atoms with Crippen LogP contribution in [0.1, 0.15) is 29.0 Å². The number of carboxylic acids is 1. The Labute approximate surface area is 196 Å². The Kier molecular flexibility index (Phi) is 8.58. The fourth-order valence-corrected chi connectivity index (χ4v) is 3.18. The van der Waals surface area contributed by atoms with Crippen molar-refractivity contribution < 1.29 is 28.6 Å². The van der Waals surface area contributed by atoms with Crippen LogP contribution in [0, 0.1) is 17.1 Å². The molecule has 3 rings (SSSR count). The minimum Gasteiger partial charge on any atom is -0.489 e. The van der Waals surface area contributed by atoms with Gasteiger partial charge in [-0.25, -0.2) is 4.39 Å². The Morgan fingerprint density at radius 1 is 1.06 bits per heavy atom. The van der Waals surface area contributed by atoms with Crippen molar-refractivity contribution in [3.63, 3.8) is 0 Å². The van der Waals surface area contributed by atoms with Crippen molar-refractivity contribution in [1.29, 1.82) is 5.26 Å². The number of aliphatic carboxylic acids is 1. The predicted molar refractivity (Wildman–Crippen MR) is 123 cm³/mol. The number of halogens is 1. The summed E-state index contributed by atoms with van der Waals surface area (Å²) in [6.45, 7) is 0.418. The van der Waals surface area contributed by atoms with E-state index in [0.717, 1.165) is 17.2 Å². The number of nitriles is 1. The number of hydrogen-bond acceptors (Lipinski definition) is 6. The van der Waals surface area contributed by atoms with E-state index in [2.05, 4.69) is 5.16 Å². The van der Waals surface area contributed by atoms with Gasteiger partial charge in [0.15, 0.2) is 0 Å². The molecule has 0 aliphatic rings. The van der Waals surface area contributed by atoms with E-state index >= 15 is 0 Å². The molecule has 34 heavy (non-hydrogen) atoms. The number of hydrogen-bond donors (Lipinski definition) is 1. The number of nitrogens with zero attached hydrogens (tertiary/aromatic N) is 2. The molecule has 7 nitrogen and oxygen atoms in total. The van der Waals surface area contributed by atoms with E-state index in [9.17, 15) is 9.18 Å². The van der Waals surface area contributed by atoms with Gasteiger partial charge < -0.3 is 19.4 Å². The molecule has 0 saturated carbocycles. The van der Waals surface area contributed by atoms with Crippen molar-refractivity contribution in [2.75, 3.05) is 13.7 Å². The highest BCUT2D eigenvalue weighted by Gasteiger charge is 2.19. The third kappa shape index (κ3) is 6.81. The van der Waals surface area contributed by atoms with Crippen LogP contribution in [0.4, 0.5) is 4.39 Å². The van der Waals surface area contributed by atoms with Crippen molar-refractivity contribution >= 4 is 11.7 Å². The zero-order valence-electron chi connectivity index (χ0n) is 18.5. The van der Waals surface area contributed by atoms with Gasteiger partial charge in [-0.1, -0.05) is 53.7 Å². The fraction of sp³-hybridized carbons (Fsp3) is 0.192. The molecule has 0 amide bonds. The zero-order valence-corrected chi connectivity index (χ0v) is 18.5. The Balaban J connectivity index is 1.57. The van der Waals surface area contributed by atoms with Crippen molar-refractivity contribution in [3.05, 3.63) is 95.3 Å². The Hall–Kier alpha value is -4.38. The molecular formula is C26H23FN2O5. The predicted octanol–water partition coefficient (Wildman–Crippen LogP) is 4.92. The first-order chi connectivity index (χ1) is 16.5. The average Bonchev–Trinajstić information content (AvgIpc) is 2.85. The molecule has 0 aromatic heterocycles. The number of carboxylic acid groups (broad SMARTS) is 1. The summed E-state index contributed by atoms with van der Waals surface area (Å²) in [5.74, 6) is -1.99. The van der Waals surface area contributed by atoms with E-state index in [-0.39, 0.29) is 24.5 Å². The van der Waals surface area contributed by atoms with Gasteiger partial charge in [0.05, 0.1) is 18.4 Å². The molecule has 1 unspecified atom stereocenters. The van der Waals surface area contributed by atoms with Gasteiger partial charge in [-0.2, -0.15) is 5.26 Å². The van der Waals surface area contributed by atoms with Gasteiger partial charge in [0.25, 0.3) is 0 Å². The second kappa shape index (κ2) is 12.0. The van der Waals surface area contributed by atoms with Gasteiger partial charge in [-0.3, -0.25) is 4.79 Å². The summed E-state index contributed by atoms with van der Waals surface area (Å²) >= 11 is 0. The molecule has 0 radical (unpaired) electrons. The third-order valence-corrected chi connectivity index (χ3v) is 4.89. The summed E-state index contributed by atoms with van der Waals surface area (Å²) in [7, 11) is 1.48. The lowest BCUT2D eigenvalue weighted by Crippen LogP contribution is -2.13. The number of benzene rings is 3. The maximum absolute atomic E-state index is 14.4. The maximum atomic E-state index is 14.4. The van der Waals surface area contributed by atoms with Gasteiger partial charge in [0, 0.05) is 17.2 Å². The first-order valence-corrected chi connectivity index (χ1v) is 10.4. The van der Waals surface area contributed by atoms with Crippen LogP contribution in [0.25, 0.3) is 0 Å². The summed E-state index contributed by atoms with van der Waals surface area (Å²) in [4.78, 5) is 15.8. The average molecular weight is 462 g/mol. The number of ether oxygens (including phenoxy) is 2. The monoisotopic (exact) mass is 462 g/mol.